The SMILES string of the molecule is O=c1c2ccc(N3CCNCC3)cc2ccn1CCO. The van der Waals surface area contributed by atoms with Gasteiger partial charge in [-0.3, -0.25) is 4.79 Å². The van der Waals surface area contributed by atoms with Gasteiger partial charge in [-0.15, -0.1) is 0 Å². The molecule has 0 atom stereocenters. The first-order chi connectivity index (χ1) is 9.79. The first kappa shape index (κ1) is 13.1. The number of rotatable bonds is 3. The molecule has 0 spiro atoms. The molecular formula is C15H19N3O2. The van der Waals surface area contributed by atoms with Crippen LogP contribution in [0.5, 0.6) is 0 Å². The van der Waals surface area contributed by atoms with E-state index in [9.17, 15) is 4.79 Å². The average Bonchev–Trinajstić information content (AvgIpc) is 2.51. The standard InChI is InChI=1S/C15H19N3O2/c19-10-9-18-6-3-12-11-13(1-2-14(12)15(18)20)17-7-4-16-5-8-17/h1-3,6,11,16,19H,4-5,7-10H2. The first-order valence-electron chi connectivity index (χ1n) is 6.99. The molecule has 5 nitrogen and oxygen atoms in total. The smallest absolute Gasteiger partial charge is 0.258 e. The molecule has 0 bridgehead atoms. The van der Waals surface area contributed by atoms with E-state index < -0.39 is 0 Å². The quantitative estimate of drug-likeness (QED) is 0.850. The zero-order valence-electron chi connectivity index (χ0n) is 11.4. The van der Waals surface area contributed by atoms with E-state index in [2.05, 4.69) is 16.3 Å². The van der Waals surface area contributed by atoms with Crippen molar-refractivity contribution in [2.24, 2.45) is 0 Å². The maximum absolute atomic E-state index is 12.2. The minimum atomic E-state index is -0.0385. The Bertz CT molecular complexity index is 660. The van der Waals surface area contributed by atoms with Crippen LogP contribution >= 0.6 is 0 Å². The number of hydrogen-bond acceptors (Lipinski definition) is 4. The van der Waals surface area contributed by atoms with Crippen molar-refractivity contribution in [1.82, 2.24) is 9.88 Å². The Kier molecular flexibility index (Phi) is 3.71. The van der Waals surface area contributed by atoms with Crippen molar-refractivity contribution in [2.75, 3.05) is 37.7 Å². The number of fused-ring (bicyclic) bond motifs is 1. The van der Waals surface area contributed by atoms with Crippen molar-refractivity contribution >= 4 is 16.5 Å². The fraction of sp³-hybridized carbons (Fsp3) is 0.400. The normalized spacial score (nSPS) is 15.8. The average molecular weight is 273 g/mol. The second kappa shape index (κ2) is 5.64. The van der Waals surface area contributed by atoms with Crippen LogP contribution in [0.15, 0.2) is 35.3 Å². The predicted molar refractivity (Wildman–Crippen MR) is 80.4 cm³/mol. The van der Waals surface area contributed by atoms with E-state index >= 15 is 0 Å². The van der Waals surface area contributed by atoms with Gasteiger partial charge in [-0.2, -0.15) is 0 Å². The highest BCUT2D eigenvalue weighted by atomic mass is 16.3. The number of pyridine rings is 1. The van der Waals surface area contributed by atoms with E-state index in [4.69, 9.17) is 5.11 Å². The molecule has 1 aliphatic rings. The summed E-state index contributed by atoms with van der Waals surface area (Å²) in [5, 5.41) is 14.0. The Morgan fingerprint density at radius 2 is 2.00 bits per heavy atom. The number of hydrogen-bond donors (Lipinski definition) is 2. The summed E-state index contributed by atoms with van der Waals surface area (Å²) in [4.78, 5) is 14.6. The van der Waals surface area contributed by atoms with Crippen LogP contribution < -0.4 is 15.8 Å². The first-order valence-corrected chi connectivity index (χ1v) is 6.99. The van der Waals surface area contributed by atoms with Crippen molar-refractivity contribution in [3.05, 3.63) is 40.8 Å². The topological polar surface area (TPSA) is 57.5 Å². The van der Waals surface area contributed by atoms with Gasteiger partial charge < -0.3 is 19.9 Å². The van der Waals surface area contributed by atoms with Crippen molar-refractivity contribution in [1.29, 1.82) is 0 Å². The van der Waals surface area contributed by atoms with Crippen LogP contribution in [0.25, 0.3) is 10.8 Å². The largest absolute Gasteiger partial charge is 0.395 e. The van der Waals surface area contributed by atoms with Crippen molar-refractivity contribution < 1.29 is 5.11 Å². The number of nitrogens with one attached hydrogen (secondary N) is 1. The number of piperazine rings is 1. The van der Waals surface area contributed by atoms with Crippen LogP contribution in [-0.2, 0) is 6.54 Å². The van der Waals surface area contributed by atoms with E-state index in [0.717, 1.165) is 31.6 Å². The molecule has 0 unspecified atom stereocenters. The van der Waals surface area contributed by atoms with Gasteiger partial charge in [-0.25, -0.2) is 0 Å². The van der Waals surface area contributed by atoms with Gasteiger partial charge in [0.05, 0.1) is 6.61 Å². The van der Waals surface area contributed by atoms with Crippen LogP contribution in [0.1, 0.15) is 0 Å². The second-order valence-electron chi connectivity index (χ2n) is 5.05. The number of anilines is 1. The van der Waals surface area contributed by atoms with E-state index in [1.807, 2.05) is 18.2 Å². The molecule has 106 valence electrons. The maximum atomic E-state index is 12.2. The highest BCUT2D eigenvalue weighted by Crippen LogP contribution is 2.20. The summed E-state index contributed by atoms with van der Waals surface area (Å²) in [6.45, 7) is 4.30. The number of nitrogens with zero attached hydrogens (tertiary/aromatic N) is 2. The van der Waals surface area contributed by atoms with Gasteiger partial charge in [-0.05, 0) is 29.7 Å². The fourth-order valence-corrected chi connectivity index (χ4v) is 2.68. The minimum absolute atomic E-state index is 0.0235. The molecule has 1 saturated heterocycles. The van der Waals surface area contributed by atoms with Crippen LogP contribution in [-0.4, -0.2) is 42.5 Å². The number of benzene rings is 1. The Morgan fingerprint density at radius 1 is 1.20 bits per heavy atom. The zero-order valence-corrected chi connectivity index (χ0v) is 11.4. The summed E-state index contributed by atoms with van der Waals surface area (Å²) < 4.78 is 1.55. The van der Waals surface area contributed by atoms with Gasteiger partial charge in [0.2, 0.25) is 0 Å². The van der Waals surface area contributed by atoms with E-state index in [0.29, 0.717) is 11.9 Å². The Morgan fingerprint density at radius 3 is 2.75 bits per heavy atom. The van der Waals surface area contributed by atoms with Crippen LogP contribution in [0.3, 0.4) is 0 Å². The minimum Gasteiger partial charge on any atom is -0.395 e. The Balaban J connectivity index is 1.99. The zero-order chi connectivity index (χ0) is 13.9. The Labute approximate surface area is 117 Å². The van der Waals surface area contributed by atoms with E-state index in [1.54, 1.807) is 10.8 Å². The lowest BCUT2D eigenvalue weighted by molar-refractivity contribution is 0.274. The van der Waals surface area contributed by atoms with Gasteiger partial charge in [0.25, 0.3) is 5.56 Å². The van der Waals surface area contributed by atoms with Crippen molar-refractivity contribution in [3.63, 3.8) is 0 Å². The summed E-state index contributed by atoms with van der Waals surface area (Å²) in [7, 11) is 0. The number of aromatic nitrogens is 1. The number of aliphatic hydroxyl groups is 1. The fourth-order valence-electron chi connectivity index (χ4n) is 2.68. The molecule has 1 fully saturated rings. The Hall–Kier alpha value is -1.85. The summed E-state index contributed by atoms with van der Waals surface area (Å²) >= 11 is 0. The monoisotopic (exact) mass is 273 g/mol. The lowest BCUT2D eigenvalue weighted by atomic mass is 10.1. The second-order valence-corrected chi connectivity index (χ2v) is 5.05. The third kappa shape index (κ3) is 2.42. The van der Waals surface area contributed by atoms with Gasteiger partial charge in [0, 0.05) is 50.0 Å². The van der Waals surface area contributed by atoms with Crippen LogP contribution in [0.2, 0.25) is 0 Å². The summed E-state index contributed by atoms with van der Waals surface area (Å²) in [6, 6.07) is 7.92. The molecule has 5 heteroatoms. The molecule has 0 saturated carbocycles. The number of aliphatic hydroxyl groups excluding tert-OH is 1. The molecule has 1 aliphatic heterocycles. The predicted octanol–water partition coefficient (Wildman–Crippen LogP) is 0.403. The highest BCUT2D eigenvalue weighted by Gasteiger charge is 2.11. The van der Waals surface area contributed by atoms with Gasteiger partial charge >= 0.3 is 0 Å². The molecule has 1 aromatic heterocycles. The molecular weight excluding hydrogens is 254 g/mol. The third-order valence-corrected chi connectivity index (χ3v) is 3.78. The van der Waals surface area contributed by atoms with E-state index in [-0.39, 0.29) is 12.2 Å². The molecule has 20 heavy (non-hydrogen) atoms. The van der Waals surface area contributed by atoms with Crippen molar-refractivity contribution in [3.8, 4) is 0 Å². The summed E-state index contributed by atoms with van der Waals surface area (Å²) in [6.07, 6.45) is 1.75. The third-order valence-electron chi connectivity index (χ3n) is 3.78. The van der Waals surface area contributed by atoms with Gasteiger partial charge in [0.15, 0.2) is 0 Å². The molecule has 3 rings (SSSR count). The molecule has 0 radical (unpaired) electrons. The molecule has 0 amide bonds. The summed E-state index contributed by atoms with van der Waals surface area (Å²) in [5.74, 6) is 0. The molecule has 0 aliphatic carbocycles. The van der Waals surface area contributed by atoms with E-state index in [1.165, 1.54) is 5.69 Å². The molecule has 2 N–H and O–H groups in total. The lowest BCUT2D eigenvalue weighted by Gasteiger charge is -2.29. The molecule has 1 aromatic carbocycles. The van der Waals surface area contributed by atoms with Crippen molar-refractivity contribution in [2.45, 2.75) is 6.54 Å². The molecule has 2 aromatic rings. The van der Waals surface area contributed by atoms with Crippen LogP contribution in [0.4, 0.5) is 5.69 Å². The lowest BCUT2D eigenvalue weighted by Crippen LogP contribution is -2.43. The van der Waals surface area contributed by atoms with Crippen LogP contribution in [0, 0.1) is 0 Å². The van der Waals surface area contributed by atoms with Gasteiger partial charge in [0.1, 0.15) is 0 Å². The van der Waals surface area contributed by atoms with Gasteiger partial charge in [-0.1, -0.05) is 0 Å². The molecule has 2 heterocycles. The highest BCUT2D eigenvalue weighted by molar-refractivity contribution is 5.85. The maximum Gasteiger partial charge on any atom is 0.258 e. The summed E-state index contributed by atoms with van der Waals surface area (Å²) in [5.41, 5.74) is 1.13.